The third-order valence-corrected chi connectivity index (χ3v) is 2.50. The van der Waals surface area contributed by atoms with Crippen molar-refractivity contribution in [3.05, 3.63) is 0 Å². The molecule has 3 heteroatoms. The van der Waals surface area contributed by atoms with Crippen LogP contribution in [0, 0.1) is 0 Å². The van der Waals surface area contributed by atoms with E-state index in [9.17, 15) is 5.11 Å². The van der Waals surface area contributed by atoms with Crippen molar-refractivity contribution in [1.82, 2.24) is 10.2 Å². The molecule has 2 atom stereocenters. The van der Waals surface area contributed by atoms with E-state index in [0.29, 0.717) is 6.04 Å². The lowest BCUT2D eigenvalue weighted by atomic mass is 10.2. The Morgan fingerprint density at radius 3 is 2.92 bits per heavy atom. The summed E-state index contributed by atoms with van der Waals surface area (Å²) in [6, 6.07) is 0.594. The molecule has 0 aliphatic carbocycles. The van der Waals surface area contributed by atoms with Crippen molar-refractivity contribution in [3.63, 3.8) is 0 Å². The van der Waals surface area contributed by atoms with Crippen molar-refractivity contribution < 1.29 is 5.11 Å². The number of nitrogens with one attached hydrogen (secondary N) is 1. The number of hydrogen-bond donors (Lipinski definition) is 2. The van der Waals surface area contributed by atoms with Gasteiger partial charge in [0.1, 0.15) is 0 Å². The first-order valence-corrected chi connectivity index (χ1v) is 4.82. The van der Waals surface area contributed by atoms with Crippen LogP contribution in [0.1, 0.15) is 19.8 Å². The van der Waals surface area contributed by atoms with Crippen molar-refractivity contribution in [3.8, 4) is 0 Å². The minimum absolute atomic E-state index is 0.170. The topological polar surface area (TPSA) is 35.5 Å². The highest BCUT2D eigenvalue weighted by atomic mass is 16.3. The summed E-state index contributed by atoms with van der Waals surface area (Å²) < 4.78 is 0. The molecule has 1 aliphatic rings. The van der Waals surface area contributed by atoms with E-state index >= 15 is 0 Å². The Kier molecular flexibility index (Phi) is 3.98. The molecule has 0 bridgehead atoms. The Hall–Kier alpha value is -0.120. The fourth-order valence-electron chi connectivity index (χ4n) is 1.55. The summed E-state index contributed by atoms with van der Waals surface area (Å²) in [5.41, 5.74) is 0. The maximum Gasteiger partial charge on any atom is 0.0662 e. The summed E-state index contributed by atoms with van der Waals surface area (Å²) in [6.07, 6.45) is 1.89. The minimum Gasteiger partial charge on any atom is -0.392 e. The van der Waals surface area contributed by atoms with Crippen LogP contribution < -0.4 is 5.32 Å². The Bertz CT molecular complexity index is 130. The maximum atomic E-state index is 9.31. The Morgan fingerprint density at radius 1 is 1.67 bits per heavy atom. The van der Waals surface area contributed by atoms with Gasteiger partial charge in [-0.05, 0) is 26.4 Å². The second kappa shape index (κ2) is 4.80. The van der Waals surface area contributed by atoms with Crippen LogP contribution >= 0.6 is 0 Å². The molecular weight excluding hydrogens is 152 g/mol. The highest BCUT2D eigenvalue weighted by Gasteiger charge is 2.18. The SMILES string of the molecule is CCC(O)CNC1CCN(C)C1. The predicted octanol–water partition coefficient (Wildman–Crippen LogP) is 0.0510. The molecule has 0 amide bonds. The van der Waals surface area contributed by atoms with E-state index in [4.69, 9.17) is 0 Å². The quantitative estimate of drug-likeness (QED) is 0.629. The summed E-state index contributed by atoms with van der Waals surface area (Å²) in [7, 11) is 2.14. The molecule has 2 N–H and O–H groups in total. The highest BCUT2D eigenvalue weighted by Crippen LogP contribution is 2.05. The zero-order valence-electron chi connectivity index (χ0n) is 8.08. The zero-order valence-corrected chi connectivity index (χ0v) is 8.08. The van der Waals surface area contributed by atoms with Gasteiger partial charge in [0, 0.05) is 19.1 Å². The number of nitrogens with zero attached hydrogens (tertiary/aromatic N) is 1. The minimum atomic E-state index is -0.170. The molecule has 1 saturated heterocycles. The third-order valence-electron chi connectivity index (χ3n) is 2.50. The normalized spacial score (nSPS) is 27.8. The number of rotatable bonds is 4. The van der Waals surface area contributed by atoms with Gasteiger partial charge in [0.25, 0.3) is 0 Å². The summed E-state index contributed by atoms with van der Waals surface area (Å²) in [5, 5.41) is 12.7. The van der Waals surface area contributed by atoms with Gasteiger partial charge in [0.2, 0.25) is 0 Å². The number of aliphatic hydroxyl groups excluding tert-OH is 1. The monoisotopic (exact) mass is 172 g/mol. The van der Waals surface area contributed by atoms with Crippen LogP contribution in [0.5, 0.6) is 0 Å². The van der Waals surface area contributed by atoms with E-state index in [0.717, 1.165) is 19.5 Å². The number of hydrogen-bond acceptors (Lipinski definition) is 3. The van der Waals surface area contributed by atoms with E-state index < -0.39 is 0 Å². The molecule has 0 radical (unpaired) electrons. The summed E-state index contributed by atoms with van der Waals surface area (Å²) in [4.78, 5) is 2.32. The third kappa shape index (κ3) is 3.09. The number of likely N-dealkylation sites (N-methyl/N-ethyl adjacent to an activating group) is 1. The molecule has 72 valence electrons. The van der Waals surface area contributed by atoms with Crippen molar-refractivity contribution in [2.24, 2.45) is 0 Å². The fourth-order valence-corrected chi connectivity index (χ4v) is 1.55. The molecule has 12 heavy (non-hydrogen) atoms. The molecular formula is C9H20N2O. The van der Waals surface area contributed by atoms with Gasteiger partial charge in [0.15, 0.2) is 0 Å². The molecule has 0 aromatic heterocycles. The van der Waals surface area contributed by atoms with Crippen molar-refractivity contribution >= 4 is 0 Å². The lowest BCUT2D eigenvalue weighted by Crippen LogP contribution is -2.36. The molecule has 0 aromatic carbocycles. The molecule has 3 nitrogen and oxygen atoms in total. The van der Waals surface area contributed by atoms with Gasteiger partial charge < -0.3 is 15.3 Å². The van der Waals surface area contributed by atoms with Crippen LogP contribution in [0.4, 0.5) is 0 Å². The zero-order chi connectivity index (χ0) is 8.97. The van der Waals surface area contributed by atoms with Gasteiger partial charge in [-0.1, -0.05) is 6.92 Å². The lowest BCUT2D eigenvalue weighted by molar-refractivity contribution is 0.163. The standard InChI is InChI=1S/C9H20N2O/c1-3-9(12)6-10-8-4-5-11(2)7-8/h8-10,12H,3-7H2,1-2H3. The smallest absolute Gasteiger partial charge is 0.0662 e. The van der Waals surface area contributed by atoms with Gasteiger partial charge in [0.05, 0.1) is 6.10 Å². The van der Waals surface area contributed by atoms with E-state index in [1.807, 2.05) is 6.92 Å². The highest BCUT2D eigenvalue weighted by molar-refractivity contribution is 4.79. The molecule has 1 heterocycles. The number of likely N-dealkylation sites (tertiary alicyclic amines) is 1. The summed E-state index contributed by atoms with van der Waals surface area (Å²) in [6.45, 7) is 5.05. The van der Waals surface area contributed by atoms with E-state index in [1.54, 1.807) is 0 Å². The van der Waals surface area contributed by atoms with Crippen molar-refractivity contribution in [1.29, 1.82) is 0 Å². The largest absolute Gasteiger partial charge is 0.392 e. The summed E-state index contributed by atoms with van der Waals surface area (Å²) in [5.74, 6) is 0. The molecule has 0 spiro atoms. The Labute approximate surface area is 74.8 Å². The first kappa shape index (κ1) is 9.96. The first-order chi connectivity index (χ1) is 5.72. The van der Waals surface area contributed by atoms with Gasteiger partial charge in [-0.15, -0.1) is 0 Å². The Morgan fingerprint density at radius 2 is 2.42 bits per heavy atom. The summed E-state index contributed by atoms with van der Waals surface area (Å²) >= 11 is 0. The second-order valence-electron chi connectivity index (χ2n) is 3.72. The lowest BCUT2D eigenvalue weighted by Gasteiger charge is -2.15. The first-order valence-electron chi connectivity index (χ1n) is 4.82. The molecule has 1 rings (SSSR count). The van der Waals surface area contributed by atoms with Crippen LogP contribution in [0.3, 0.4) is 0 Å². The molecule has 2 unspecified atom stereocenters. The maximum absolute atomic E-state index is 9.31. The molecule has 0 saturated carbocycles. The van der Waals surface area contributed by atoms with Crippen molar-refractivity contribution in [2.75, 3.05) is 26.7 Å². The van der Waals surface area contributed by atoms with E-state index in [2.05, 4.69) is 17.3 Å². The van der Waals surface area contributed by atoms with Crippen LogP contribution in [0.25, 0.3) is 0 Å². The Balaban J connectivity index is 2.07. The van der Waals surface area contributed by atoms with Crippen LogP contribution in [0.2, 0.25) is 0 Å². The van der Waals surface area contributed by atoms with Crippen LogP contribution in [-0.2, 0) is 0 Å². The van der Waals surface area contributed by atoms with Gasteiger partial charge in [-0.2, -0.15) is 0 Å². The predicted molar refractivity (Wildman–Crippen MR) is 50.2 cm³/mol. The van der Waals surface area contributed by atoms with Crippen molar-refractivity contribution in [2.45, 2.75) is 31.9 Å². The average Bonchev–Trinajstić information content (AvgIpc) is 2.47. The molecule has 1 aliphatic heterocycles. The second-order valence-corrected chi connectivity index (χ2v) is 3.72. The fraction of sp³-hybridized carbons (Fsp3) is 1.00. The average molecular weight is 172 g/mol. The van der Waals surface area contributed by atoms with Gasteiger partial charge >= 0.3 is 0 Å². The molecule has 1 fully saturated rings. The van der Waals surface area contributed by atoms with Crippen LogP contribution in [0.15, 0.2) is 0 Å². The molecule has 0 aromatic rings. The van der Waals surface area contributed by atoms with E-state index in [-0.39, 0.29) is 6.10 Å². The van der Waals surface area contributed by atoms with Crippen LogP contribution in [-0.4, -0.2) is 48.8 Å². The van der Waals surface area contributed by atoms with Gasteiger partial charge in [-0.3, -0.25) is 0 Å². The van der Waals surface area contributed by atoms with Gasteiger partial charge in [-0.25, -0.2) is 0 Å². The number of aliphatic hydroxyl groups is 1. The van der Waals surface area contributed by atoms with E-state index in [1.165, 1.54) is 13.0 Å².